The van der Waals surface area contributed by atoms with Gasteiger partial charge in [0.2, 0.25) is 0 Å². The quantitative estimate of drug-likeness (QED) is 0.564. The first-order valence-corrected chi connectivity index (χ1v) is 9.92. The van der Waals surface area contributed by atoms with Crippen molar-refractivity contribution in [1.29, 1.82) is 0 Å². The van der Waals surface area contributed by atoms with Crippen molar-refractivity contribution >= 4 is 39.7 Å². The molecule has 0 heterocycles. The largest absolute Gasteiger partial charge is 0.584 e. The topological polar surface area (TPSA) is 55.8 Å². The minimum absolute atomic E-state index is 0.353. The Kier molecular flexibility index (Phi) is 5.62. The van der Waals surface area contributed by atoms with Gasteiger partial charge in [0.05, 0.1) is 0 Å². The molecule has 1 N–H and O–H groups in total. The number of rotatable bonds is 4. The van der Waals surface area contributed by atoms with Crippen LogP contribution in [0.4, 0.5) is 0 Å². The summed E-state index contributed by atoms with van der Waals surface area (Å²) in [6, 6.07) is 7.27. The van der Waals surface area contributed by atoms with Gasteiger partial charge in [-0.1, -0.05) is 31.9 Å². The van der Waals surface area contributed by atoms with Crippen molar-refractivity contribution in [3.63, 3.8) is 0 Å². The van der Waals surface area contributed by atoms with Gasteiger partial charge in [-0.25, -0.2) is 4.57 Å². The number of phosphoric ester groups is 1. The molecule has 0 saturated heterocycles. The van der Waals surface area contributed by atoms with Gasteiger partial charge < -0.3 is 9.05 Å². The number of benzene rings is 2. The molecule has 0 fully saturated rings. The van der Waals surface area contributed by atoms with Crippen molar-refractivity contribution in [3.8, 4) is 11.5 Å². The normalized spacial score (nSPS) is 11.4. The van der Waals surface area contributed by atoms with E-state index >= 15 is 0 Å². The maximum absolute atomic E-state index is 12.4. The zero-order chi connectivity index (χ0) is 17.4. The van der Waals surface area contributed by atoms with Gasteiger partial charge in [0.1, 0.15) is 11.5 Å². The molecular weight excluding hydrogens is 447 g/mol. The smallest absolute Gasteiger partial charge is 0.395 e. The Morgan fingerprint density at radius 2 is 1.04 bits per heavy atom. The van der Waals surface area contributed by atoms with E-state index < -0.39 is 7.82 Å². The zero-order valence-corrected chi connectivity index (χ0v) is 17.3. The van der Waals surface area contributed by atoms with Gasteiger partial charge in [0.15, 0.2) is 0 Å². The molecule has 0 unspecified atom stereocenters. The summed E-state index contributed by atoms with van der Waals surface area (Å²) in [6.07, 6.45) is 0. The molecule has 0 bridgehead atoms. The molecule has 4 nitrogen and oxygen atoms in total. The minimum atomic E-state index is -4.30. The molecule has 0 saturated carbocycles. The van der Waals surface area contributed by atoms with E-state index in [0.717, 1.165) is 31.2 Å². The Morgan fingerprint density at radius 3 is 1.30 bits per heavy atom. The zero-order valence-electron chi connectivity index (χ0n) is 13.2. The molecule has 0 aromatic heterocycles. The first-order chi connectivity index (χ1) is 10.6. The lowest BCUT2D eigenvalue weighted by atomic mass is 10.1. The van der Waals surface area contributed by atoms with Crippen LogP contribution in [0.15, 0.2) is 33.2 Å². The molecule has 0 radical (unpaired) electrons. The van der Waals surface area contributed by atoms with E-state index in [1.165, 1.54) is 0 Å². The highest BCUT2D eigenvalue weighted by Crippen LogP contribution is 2.48. The van der Waals surface area contributed by atoms with Gasteiger partial charge in [0, 0.05) is 8.95 Å². The predicted molar refractivity (Wildman–Crippen MR) is 98.3 cm³/mol. The van der Waals surface area contributed by atoms with Crippen LogP contribution in [0.3, 0.4) is 0 Å². The highest BCUT2D eigenvalue weighted by atomic mass is 79.9. The van der Waals surface area contributed by atoms with E-state index in [1.807, 2.05) is 52.0 Å². The van der Waals surface area contributed by atoms with Crippen LogP contribution in [-0.2, 0) is 4.57 Å². The first-order valence-electron chi connectivity index (χ1n) is 6.84. The molecule has 0 atom stereocenters. The number of hydrogen-bond acceptors (Lipinski definition) is 3. The number of halogens is 2. The lowest BCUT2D eigenvalue weighted by Crippen LogP contribution is -2.04. The molecule has 0 aliphatic rings. The predicted octanol–water partition coefficient (Wildman–Crippen LogP) is 6.00. The van der Waals surface area contributed by atoms with E-state index in [9.17, 15) is 9.46 Å². The molecule has 7 heteroatoms. The van der Waals surface area contributed by atoms with Crippen LogP contribution in [0.2, 0.25) is 0 Å². The maximum Gasteiger partial charge on any atom is 0.584 e. The third kappa shape index (κ3) is 4.60. The van der Waals surface area contributed by atoms with Crippen LogP contribution in [0.5, 0.6) is 11.5 Å². The summed E-state index contributed by atoms with van der Waals surface area (Å²) in [6.45, 7) is 7.24. The molecule has 124 valence electrons. The van der Waals surface area contributed by atoms with Crippen molar-refractivity contribution in [2.75, 3.05) is 0 Å². The van der Waals surface area contributed by atoms with Crippen LogP contribution in [-0.4, -0.2) is 4.89 Å². The fourth-order valence-electron chi connectivity index (χ4n) is 2.33. The van der Waals surface area contributed by atoms with Crippen LogP contribution >= 0.6 is 39.7 Å². The second-order valence-electron chi connectivity index (χ2n) is 5.39. The molecule has 0 spiro atoms. The molecular formula is C16H17Br2O4P. The fourth-order valence-corrected chi connectivity index (χ4v) is 4.78. The third-order valence-corrected chi connectivity index (χ3v) is 5.01. The number of phosphoric acid groups is 1. The van der Waals surface area contributed by atoms with Crippen LogP contribution < -0.4 is 9.05 Å². The summed E-state index contributed by atoms with van der Waals surface area (Å²) < 4.78 is 24.8. The summed E-state index contributed by atoms with van der Waals surface area (Å²) in [5, 5.41) is 0. The summed E-state index contributed by atoms with van der Waals surface area (Å²) in [5.41, 5.74) is 3.00. The van der Waals surface area contributed by atoms with Crippen molar-refractivity contribution in [3.05, 3.63) is 55.5 Å². The summed E-state index contributed by atoms with van der Waals surface area (Å²) in [5.74, 6) is 0.706. The number of hydrogen-bond donors (Lipinski definition) is 1. The van der Waals surface area contributed by atoms with Gasteiger partial charge in [0.25, 0.3) is 0 Å². The Morgan fingerprint density at radius 1 is 0.783 bits per heavy atom. The Bertz CT molecular complexity index is 695. The maximum atomic E-state index is 12.4. The van der Waals surface area contributed by atoms with Gasteiger partial charge in [-0.2, -0.15) is 0 Å². The van der Waals surface area contributed by atoms with Crippen molar-refractivity contribution in [1.82, 2.24) is 0 Å². The summed E-state index contributed by atoms with van der Waals surface area (Å²) in [7, 11) is -4.30. The van der Waals surface area contributed by atoms with Crippen molar-refractivity contribution in [2.24, 2.45) is 0 Å². The molecule has 23 heavy (non-hydrogen) atoms. The van der Waals surface area contributed by atoms with E-state index in [2.05, 4.69) is 31.9 Å². The molecule has 2 aromatic rings. The summed E-state index contributed by atoms with van der Waals surface area (Å²) >= 11 is 6.77. The van der Waals surface area contributed by atoms with Crippen molar-refractivity contribution in [2.45, 2.75) is 27.7 Å². The lowest BCUT2D eigenvalue weighted by Gasteiger charge is -2.19. The molecule has 2 rings (SSSR count). The second-order valence-corrected chi connectivity index (χ2v) is 8.52. The average molecular weight is 464 g/mol. The van der Waals surface area contributed by atoms with E-state index in [-0.39, 0.29) is 0 Å². The van der Waals surface area contributed by atoms with E-state index in [1.54, 1.807) is 0 Å². The van der Waals surface area contributed by atoms with E-state index in [4.69, 9.17) is 9.05 Å². The Hall–Kier alpha value is -0.810. The van der Waals surface area contributed by atoms with Crippen LogP contribution in [0, 0.1) is 27.7 Å². The molecule has 0 amide bonds. The average Bonchev–Trinajstić information content (AvgIpc) is 2.38. The van der Waals surface area contributed by atoms with Crippen LogP contribution in [0.25, 0.3) is 0 Å². The second kappa shape index (κ2) is 6.98. The first kappa shape index (κ1) is 18.5. The summed E-state index contributed by atoms with van der Waals surface area (Å²) in [4.78, 5) is 10.1. The molecule has 2 aromatic carbocycles. The van der Waals surface area contributed by atoms with Crippen LogP contribution in [0.1, 0.15) is 22.3 Å². The lowest BCUT2D eigenvalue weighted by molar-refractivity contribution is 0.288. The van der Waals surface area contributed by atoms with Gasteiger partial charge in [-0.05, 0) is 74.2 Å². The van der Waals surface area contributed by atoms with Crippen molar-refractivity contribution < 1.29 is 18.5 Å². The standard InChI is InChI=1S/C16H17Br2O4P/c1-9-5-13(17)6-10(2)15(9)21-23(19,20)22-16-11(3)7-14(18)8-12(16)4/h5-8H,1-4H3,(H,19,20). The Balaban J connectivity index is 2.33. The third-order valence-electron chi connectivity index (χ3n) is 3.26. The number of aryl methyl sites for hydroxylation is 4. The van der Waals surface area contributed by atoms with Gasteiger partial charge >= 0.3 is 7.82 Å². The van der Waals surface area contributed by atoms with E-state index in [0.29, 0.717) is 11.5 Å². The highest BCUT2D eigenvalue weighted by molar-refractivity contribution is 9.10. The molecule has 0 aliphatic carbocycles. The SMILES string of the molecule is Cc1cc(Br)cc(C)c1OP(=O)(O)Oc1c(C)cc(Br)cc1C. The monoisotopic (exact) mass is 462 g/mol. The van der Waals surface area contributed by atoms with Gasteiger partial charge in [-0.3, -0.25) is 4.89 Å². The highest BCUT2D eigenvalue weighted by Gasteiger charge is 2.28. The minimum Gasteiger partial charge on any atom is -0.395 e. The Labute approximate surface area is 152 Å². The fraction of sp³-hybridized carbons (Fsp3) is 0.250. The molecule has 0 aliphatic heterocycles. The van der Waals surface area contributed by atoms with Gasteiger partial charge in [-0.15, -0.1) is 0 Å².